The summed E-state index contributed by atoms with van der Waals surface area (Å²) >= 11 is 0. The summed E-state index contributed by atoms with van der Waals surface area (Å²) < 4.78 is 73.1. The molecule has 1 fully saturated rings. The minimum Gasteiger partial charge on any atom is -0.305 e. The second-order valence-electron chi connectivity index (χ2n) is 3.52. The quantitative estimate of drug-likeness (QED) is 0.567. The van der Waals surface area contributed by atoms with Crippen LogP contribution in [0.5, 0.6) is 0 Å². The summed E-state index contributed by atoms with van der Waals surface area (Å²) in [5.74, 6) is -4.57. The van der Waals surface area contributed by atoms with E-state index in [1.54, 1.807) is 0 Å². The highest BCUT2D eigenvalue weighted by molar-refractivity contribution is 4.90. The van der Waals surface area contributed by atoms with Gasteiger partial charge in [0, 0.05) is 13.1 Å². The van der Waals surface area contributed by atoms with E-state index in [1.807, 2.05) is 0 Å². The summed E-state index contributed by atoms with van der Waals surface area (Å²) in [6.07, 6.45) is -9.55. The predicted molar refractivity (Wildman–Crippen MR) is 36.6 cm³/mol. The number of halogens is 6. The maximum Gasteiger partial charge on any atom is 0.393 e. The molecular weight excluding hydrogens is 212 g/mol. The van der Waals surface area contributed by atoms with Crippen LogP contribution < -0.4 is 0 Å². The lowest BCUT2D eigenvalue weighted by molar-refractivity contribution is -0.239. The van der Waals surface area contributed by atoms with Crippen molar-refractivity contribution in [2.45, 2.75) is 12.4 Å². The molecule has 1 heterocycles. The lowest BCUT2D eigenvalue weighted by atomic mass is 9.95. The zero-order valence-corrected chi connectivity index (χ0v) is 7.28. The van der Waals surface area contributed by atoms with E-state index in [2.05, 4.69) is 0 Å². The molecule has 0 aromatic heterocycles. The van der Waals surface area contributed by atoms with Crippen molar-refractivity contribution in [1.82, 2.24) is 4.90 Å². The number of hydrogen-bond donors (Lipinski definition) is 0. The van der Waals surface area contributed by atoms with Crippen molar-refractivity contribution in [3.8, 4) is 0 Å². The lowest BCUT2D eigenvalue weighted by Gasteiger charge is -2.23. The average Bonchev–Trinajstić information content (AvgIpc) is 2.27. The maximum absolute atomic E-state index is 12.2. The van der Waals surface area contributed by atoms with Crippen LogP contribution in [0, 0.1) is 11.8 Å². The zero-order valence-electron chi connectivity index (χ0n) is 7.28. The van der Waals surface area contributed by atoms with Gasteiger partial charge in [0.2, 0.25) is 0 Å². The Bertz CT molecular complexity index is 185. The lowest BCUT2D eigenvalue weighted by Crippen LogP contribution is -2.37. The molecular formula is C7H9F6N. The fraction of sp³-hybridized carbons (Fsp3) is 1.00. The minimum atomic E-state index is -4.77. The molecule has 0 N–H and O–H groups in total. The van der Waals surface area contributed by atoms with Crippen LogP contribution >= 0.6 is 0 Å². The van der Waals surface area contributed by atoms with Gasteiger partial charge in [0.15, 0.2) is 0 Å². The normalized spacial score (nSPS) is 31.1. The highest BCUT2D eigenvalue weighted by atomic mass is 19.4. The van der Waals surface area contributed by atoms with Gasteiger partial charge >= 0.3 is 12.4 Å². The molecule has 84 valence electrons. The van der Waals surface area contributed by atoms with Crippen molar-refractivity contribution in [3.05, 3.63) is 0 Å². The van der Waals surface area contributed by atoms with Crippen molar-refractivity contribution in [1.29, 1.82) is 0 Å². The van der Waals surface area contributed by atoms with Crippen LogP contribution in [0.4, 0.5) is 26.3 Å². The van der Waals surface area contributed by atoms with Crippen LogP contribution in [0.25, 0.3) is 0 Å². The topological polar surface area (TPSA) is 3.24 Å². The van der Waals surface area contributed by atoms with Gasteiger partial charge in [-0.3, -0.25) is 0 Å². The molecule has 1 aliphatic heterocycles. The van der Waals surface area contributed by atoms with Crippen LogP contribution in [-0.2, 0) is 0 Å². The highest BCUT2D eigenvalue weighted by Gasteiger charge is 2.58. The van der Waals surface area contributed by atoms with E-state index in [4.69, 9.17) is 0 Å². The van der Waals surface area contributed by atoms with Gasteiger partial charge in [-0.2, -0.15) is 26.3 Å². The van der Waals surface area contributed by atoms with E-state index in [0.717, 1.165) is 4.90 Å². The Balaban J connectivity index is 2.84. The molecule has 1 nitrogen and oxygen atoms in total. The monoisotopic (exact) mass is 221 g/mol. The molecule has 1 rings (SSSR count). The average molecular weight is 221 g/mol. The molecule has 2 atom stereocenters. The molecule has 7 heteroatoms. The summed E-state index contributed by atoms with van der Waals surface area (Å²) in [5, 5.41) is 0. The first kappa shape index (κ1) is 11.6. The van der Waals surface area contributed by atoms with E-state index in [9.17, 15) is 26.3 Å². The SMILES string of the molecule is CN1CC(C(F)(F)F)C(C(F)(F)F)C1. The van der Waals surface area contributed by atoms with Gasteiger partial charge in [-0.1, -0.05) is 0 Å². The fourth-order valence-electron chi connectivity index (χ4n) is 1.66. The Hall–Kier alpha value is -0.460. The van der Waals surface area contributed by atoms with Gasteiger partial charge in [0.25, 0.3) is 0 Å². The molecule has 0 saturated carbocycles. The number of hydrogen-bond acceptors (Lipinski definition) is 1. The molecule has 0 aromatic rings. The van der Waals surface area contributed by atoms with Gasteiger partial charge in [-0.15, -0.1) is 0 Å². The van der Waals surface area contributed by atoms with Crippen LogP contribution in [0.3, 0.4) is 0 Å². The number of nitrogens with zero attached hydrogens (tertiary/aromatic N) is 1. The third kappa shape index (κ3) is 2.31. The molecule has 2 unspecified atom stereocenters. The largest absolute Gasteiger partial charge is 0.393 e. The van der Waals surface area contributed by atoms with Crippen molar-refractivity contribution >= 4 is 0 Å². The third-order valence-electron chi connectivity index (χ3n) is 2.34. The van der Waals surface area contributed by atoms with Gasteiger partial charge in [-0.25, -0.2) is 0 Å². The Kier molecular flexibility index (Phi) is 2.73. The maximum atomic E-state index is 12.2. The van der Waals surface area contributed by atoms with Gasteiger partial charge in [0.05, 0.1) is 11.8 Å². The van der Waals surface area contributed by atoms with Crippen LogP contribution in [0.15, 0.2) is 0 Å². The first-order valence-electron chi connectivity index (χ1n) is 3.94. The molecule has 1 aliphatic rings. The van der Waals surface area contributed by atoms with Crippen LogP contribution in [0.1, 0.15) is 0 Å². The van der Waals surface area contributed by atoms with Crippen molar-refractivity contribution < 1.29 is 26.3 Å². The van der Waals surface area contributed by atoms with Gasteiger partial charge in [-0.05, 0) is 7.05 Å². The predicted octanol–water partition coefficient (Wildman–Crippen LogP) is 2.29. The molecule has 0 bridgehead atoms. The van der Waals surface area contributed by atoms with Gasteiger partial charge < -0.3 is 4.90 Å². The molecule has 14 heavy (non-hydrogen) atoms. The third-order valence-corrected chi connectivity index (χ3v) is 2.34. The second kappa shape index (κ2) is 3.29. The molecule has 0 radical (unpaired) electrons. The van der Waals surface area contributed by atoms with Crippen LogP contribution in [0.2, 0.25) is 0 Å². The molecule has 0 aliphatic carbocycles. The fourth-order valence-corrected chi connectivity index (χ4v) is 1.66. The standard InChI is InChI=1S/C7H9F6N/c1-14-2-4(6(8,9)10)5(3-14)7(11,12)13/h4-5H,2-3H2,1H3. The summed E-state index contributed by atoms with van der Waals surface area (Å²) in [6.45, 7) is -1.15. The smallest absolute Gasteiger partial charge is 0.305 e. The first-order chi connectivity index (χ1) is 6.12. The molecule has 0 aromatic carbocycles. The number of likely N-dealkylation sites (tertiary alicyclic amines) is 1. The summed E-state index contributed by atoms with van der Waals surface area (Å²) in [6, 6.07) is 0. The van der Waals surface area contributed by atoms with Crippen molar-refractivity contribution in [3.63, 3.8) is 0 Å². The van der Waals surface area contributed by atoms with Gasteiger partial charge in [0.1, 0.15) is 0 Å². The van der Waals surface area contributed by atoms with E-state index in [0.29, 0.717) is 0 Å². The van der Waals surface area contributed by atoms with Crippen LogP contribution in [-0.4, -0.2) is 37.4 Å². The number of rotatable bonds is 0. The Morgan fingerprint density at radius 2 is 1.14 bits per heavy atom. The molecule has 0 spiro atoms. The van der Waals surface area contributed by atoms with E-state index in [-0.39, 0.29) is 0 Å². The Morgan fingerprint density at radius 3 is 1.36 bits per heavy atom. The minimum absolute atomic E-state index is 0.576. The highest BCUT2D eigenvalue weighted by Crippen LogP contribution is 2.44. The molecule has 0 amide bonds. The Labute approximate surface area is 76.7 Å². The van der Waals surface area contributed by atoms with Crippen molar-refractivity contribution in [2.75, 3.05) is 20.1 Å². The first-order valence-corrected chi connectivity index (χ1v) is 3.94. The van der Waals surface area contributed by atoms with Crippen molar-refractivity contribution in [2.24, 2.45) is 11.8 Å². The van der Waals surface area contributed by atoms with E-state index in [1.165, 1.54) is 7.05 Å². The molecule has 1 saturated heterocycles. The number of alkyl halides is 6. The van der Waals surface area contributed by atoms with E-state index < -0.39 is 37.3 Å². The second-order valence-corrected chi connectivity index (χ2v) is 3.52. The van der Waals surface area contributed by atoms with E-state index >= 15 is 0 Å². The Morgan fingerprint density at radius 1 is 0.857 bits per heavy atom. The zero-order chi connectivity index (χ0) is 11.1. The summed E-state index contributed by atoms with van der Waals surface area (Å²) in [7, 11) is 1.25. The summed E-state index contributed by atoms with van der Waals surface area (Å²) in [5.41, 5.74) is 0. The summed E-state index contributed by atoms with van der Waals surface area (Å²) in [4.78, 5) is 1.05.